The summed E-state index contributed by atoms with van der Waals surface area (Å²) in [5.74, 6) is 0. The average Bonchev–Trinajstić information content (AvgIpc) is 2.49. The third kappa shape index (κ3) is 3.53. The number of hydrogen-bond donors (Lipinski definition) is 2. The van der Waals surface area contributed by atoms with Gasteiger partial charge in [-0.2, -0.15) is 0 Å². The van der Waals surface area contributed by atoms with Gasteiger partial charge >= 0.3 is 0 Å². The number of hydrogen-bond acceptors (Lipinski definition) is 2. The second kappa shape index (κ2) is 6.78. The Morgan fingerprint density at radius 3 is 2.20 bits per heavy atom. The minimum absolute atomic E-state index is 0.592. The Bertz CT molecular complexity index is 659. The Morgan fingerprint density at radius 2 is 1.55 bits per heavy atom. The fraction of sp³-hybridized carbons (Fsp3) is 0.143. The second-order valence-corrected chi connectivity index (χ2v) is 6.76. The Balaban J connectivity index is 2.22. The first-order chi connectivity index (χ1) is 9.61. The van der Waals surface area contributed by atoms with Crippen LogP contribution >= 0.6 is 0 Å². The molecule has 106 valence electrons. The van der Waals surface area contributed by atoms with E-state index in [4.69, 9.17) is 0 Å². The molecule has 2 atom stereocenters. The summed E-state index contributed by atoms with van der Waals surface area (Å²) in [6.45, 7) is 1.95. The normalized spacial score (nSPS) is 13.7. The first-order valence-corrected chi connectivity index (χ1v) is 8.35. The lowest BCUT2D eigenvalue weighted by atomic mass is 10.2. The summed E-state index contributed by atoms with van der Waals surface area (Å²) in [5.41, 5.74) is 1.85. The molecule has 2 rings (SSSR count). The Kier molecular flexibility index (Phi) is 5.05. The SMILES string of the molecule is CNS(=O)c1cccc(S(=O)Nc2ccccc2C)c1. The van der Waals surface area contributed by atoms with Crippen molar-refractivity contribution in [1.29, 1.82) is 0 Å². The molecule has 4 nitrogen and oxygen atoms in total. The van der Waals surface area contributed by atoms with Crippen molar-refractivity contribution in [3.05, 3.63) is 54.1 Å². The van der Waals surface area contributed by atoms with Crippen LogP contribution in [0, 0.1) is 6.92 Å². The highest BCUT2D eigenvalue weighted by molar-refractivity contribution is 7.86. The van der Waals surface area contributed by atoms with Gasteiger partial charge in [0.1, 0.15) is 22.0 Å². The van der Waals surface area contributed by atoms with E-state index in [9.17, 15) is 8.42 Å². The summed E-state index contributed by atoms with van der Waals surface area (Å²) in [6.07, 6.45) is 0. The van der Waals surface area contributed by atoms with Gasteiger partial charge in [-0.25, -0.2) is 13.1 Å². The van der Waals surface area contributed by atoms with Crippen LogP contribution in [0.2, 0.25) is 0 Å². The van der Waals surface area contributed by atoms with Crippen molar-refractivity contribution in [2.24, 2.45) is 0 Å². The van der Waals surface area contributed by atoms with E-state index in [1.807, 2.05) is 31.2 Å². The van der Waals surface area contributed by atoms with Crippen LogP contribution in [0.25, 0.3) is 0 Å². The van der Waals surface area contributed by atoms with E-state index < -0.39 is 22.0 Å². The van der Waals surface area contributed by atoms with Gasteiger partial charge in [-0.05, 0) is 43.8 Å². The summed E-state index contributed by atoms with van der Waals surface area (Å²) < 4.78 is 29.6. The van der Waals surface area contributed by atoms with Crippen LogP contribution in [-0.4, -0.2) is 15.5 Å². The zero-order chi connectivity index (χ0) is 14.5. The van der Waals surface area contributed by atoms with Gasteiger partial charge in [-0.3, -0.25) is 0 Å². The molecule has 2 unspecified atom stereocenters. The molecular formula is C14H16N2O2S2. The van der Waals surface area contributed by atoms with Crippen LogP contribution in [0.15, 0.2) is 58.3 Å². The van der Waals surface area contributed by atoms with E-state index in [1.165, 1.54) is 0 Å². The van der Waals surface area contributed by atoms with Gasteiger partial charge in [0.25, 0.3) is 0 Å². The standard InChI is InChI=1S/C14H16N2O2S2/c1-11-6-3-4-9-14(11)16-20(18)13-8-5-7-12(10-13)19(17)15-2/h3-10,15-16H,1-2H3. The van der Waals surface area contributed by atoms with Gasteiger partial charge < -0.3 is 4.72 Å². The molecule has 0 fully saturated rings. The van der Waals surface area contributed by atoms with Crippen LogP contribution in [-0.2, 0) is 22.0 Å². The molecule has 0 aliphatic carbocycles. The maximum Gasteiger partial charge on any atom is 0.150 e. The minimum atomic E-state index is -1.39. The molecule has 0 spiro atoms. The summed E-state index contributed by atoms with van der Waals surface area (Å²) in [7, 11) is -1.05. The van der Waals surface area contributed by atoms with Crippen molar-refractivity contribution >= 4 is 27.7 Å². The number of rotatable bonds is 5. The maximum atomic E-state index is 12.3. The van der Waals surface area contributed by atoms with Crippen LogP contribution in [0.3, 0.4) is 0 Å². The average molecular weight is 308 g/mol. The summed E-state index contributed by atoms with van der Waals surface area (Å²) >= 11 is 0. The number of para-hydroxylation sites is 1. The molecule has 0 aliphatic heterocycles. The first kappa shape index (κ1) is 14.9. The van der Waals surface area contributed by atoms with Crippen molar-refractivity contribution in [3.8, 4) is 0 Å². The number of nitrogens with one attached hydrogen (secondary N) is 2. The Hall–Kier alpha value is -1.50. The molecule has 0 bridgehead atoms. The third-order valence-corrected chi connectivity index (χ3v) is 4.91. The lowest BCUT2D eigenvalue weighted by Crippen LogP contribution is -2.11. The predicted molar refractivity (Wildman–Crippen MR) is 83.1 cm³/mol. The molecule has 20 heavy (non-hydrogen) atoms. The van der Waals surface area contributed by atoms with Gasteiger partial charge in [0.2, 0.25) is 0 Å². The first-order valence-electron chi connectivity index (χ1n) is 6.05. The van der Waals surface area contributed by atoms with Gasteiger partial charge in [0.05, 0.1) is 9.79 Å². The molecule has 0 saturated heterocycles. The lowest BCUT2D eigenvalue weighted by molar-refractivity contribution is 0.677. The van der Waals surface area contributed by atoms with E-state index in [1.54, 1.807) is 31.3 Å². The third-order valence-electron chi connectivity index (χ3n) is 2.77. The van der Waals surface area contributed by atoms with Gasteiger partial charge in [-0.15, -0.1) is 0 Å². The molecule has 0 amide bonds. The highest BCUT2D eigenvalue weighted by Gasteiger charge is 2.08. The van der Waals surface area contributed by atoms with Crippen molar-refractivity contribution < 1.29 is 8.42 Å². The van der Waals surface area contributed by atoms with Crippen LogP contribution in [0.5, 0.6) is 0 Å². The van der Waals surface area contributed by atoms with Gasteiger partial charge in [0.15, 0.2) is 0 Å². The molecule has 0 aliphatic rings. The monoisotopic (exact) mass is 308 g/mol. The quantitative estimate of drug-likeness (QED) is 0.891. The molecule has 0 radical (unpaired) electrons. The molecule has 6 heteroatoms. The zero-order valence-electron chi connectivity index (χ0n) is 11.3. The summed E-state index contributed by atoms with van der Waals surface area (Å²) in [6, 6.07) is 14.6. The fourth-order valence-corrected chi connectivity index (χ4v) is 3.40. The summed E-state index contributed by atoms with van der Waals surface area (Å²) in [4.78, 5) is 1.19. The van der Waals surface area contributed by atoms with Crippen molar-refractivity contribution in [1.82, 2.24) is 4.72 Å². The smallest absolute Gasteiger partial charge is 0.150 e. The van der Waals surface area contributed by atoms with E-state index in [0.29, 0.717) is 9.79 Å². The fourth-order valence-electron chi connectivity index (χ4n) is 1.67. The lowest BCUT2D eigenvalue weighted by Gasteiger charge is -2.09. The highest BCUT2D eigenvalue weighted by Crippen LogP contribution is 2.18. The molecule has 2 N–H and O–H groups in total. The van der Waals surface area contributed by atoms with Gasteiger partial charge in [-0.1, -0.05) is 24.3 Å². The molecule has 0 aromatic heterocycles. The Labute approximate surface area is 123 Å². The molecule has 2 aromatic carbocycles. The van der Waals surface area contributed by atoms with Crippen molar-refractivity contribution in [2.45, 2.75) is 16.7 Å². The molecule has 2 aromatic rings. The van der Waals surface area contributed by atoms with Crippen molar-refractivity contribution in [3.63, 3.8) is 0 Å². The molecule has 0 saturated carbocycles. The maximum absolute atomic E-state index is 12.3. The number of benzene rings is 2. The number of aryl methyl sites for hydroxylation is 1. The minimum Gasteiger partial charge on any atom is -0.301 e. The van der Waals surface area contributed by atoms with E-state index >= 15 is 0 Å². The Morgan fingerprint density at radius 1 is 0.900 bits per heavy atom. The molecular weight excluding hydrogens is 292 g/mol. The zero-order valence-corrected chi connectivity index (χ0v) is 12.9. The van der Waals surface area contributed by atoms with E-state index in [-0.39, 0.29) is 0 Å². The topological polar surface area (TPSA) is 58.2 Å². The summed E-state index contributed by atoms with van der Waals surface area (Å²) in [5, 5.41) is 0. The van der Waals surface area contributed by atoms with Gasteiger partial charge in [0, 0.05) is 5.69 Å². The second-order valence-electron chi connectivity index (χ2n) is 4.13. The highest BCUT2D eigenvalue weighted by atomic mass is 32.2. The van der Waals surface area contributed by atoms with Crippen molar-refractivity contribution in [2.75, 3.05) is 11.8 Å². The van der Waals surface area contributed by atoms with Crippen LogP contribution in [0.4, 0.5) is 5.69 Å². The van der Waals surface area contributed by atoms with E-state index in [0.717, 1.165) is 11.3 Å². The van der Waals surface area contributed by atoms with Crippen LogP contribution in [0.1, 0.15) is 5.56 Å². The largest absolute Gasteiger partial charge is 0.301 e. The molecule has 0 heterocycles. The van der Waals surface area contributed by atoms with E-state index in [2.05, 4.69) is 9.44 Å². The van der Waals surface area contributed by atoms with Crippen LogP contribution < -0.4 is 9.44 Å². The predicted octanol–water partition coefficient (Wildman–Crippen LogP) is 2.37. The number of anilines is 1.